The van der Waals surface area contributed by atoms with E-state index < -0.39 is 29.4 Å². The zero-order valence-electron chi connectivity index (χ0n) is 18.9. The maximum Gasteiger partial charge on any atom is 0.416 e. The topological polar surface area (TPSA) is 79.7 Å². The second-order valence-corrected chi connectivity index (χ2v) is 10.2. The molecule has 0 saturated carbocycles. The van der Waals surface area contributed by atoms with Gasteiger partial charge in [0.2, 0.25) is 0 Å². The fourth-order valence-electron chi connectivity index (χ4n) is 3.23. The van der Waals surface area contributed by atoms with Gasteiger partial charge < -0.3 is 14.9 Å². The number of carboxylic acids is 1. The molecule has 1 atom stereocenters. The molecule has 3 aromatic rings. The van der Waals surface area contributed by atoms with Crippen molar-refractivity contribution < 1.29 is 32.9 Å². The van der Waals surface area contributed by atoms with Crippen molar-refractivity contribution in [1.29, 1.82) is 0 Å². The van der Waals surface area contributed by atoms with Gasteiger partial charge in [0.05, 0.1) is 27.3 Å². The number of aromatic nitrogens is 1. The van der Waals surface area contributed by atoms with Gasteiger partial charge in [-0.15, -0.1) is 11.3 Å². The Labute approximate surface area is 214 Å². The quantitative estimate of drug-likeness (QED) is 0.308. The molecule has 0 aliphatic rings. The van der Waals surface area contributed by atoms with Crippen molar-refractivity contribution in [2.24, 2.45) is 0 Å². The Morgan fingerprint density at radius 2 is 1.74 bits per heavy atom. The molecule has 0 saturated heterocycles. The van der Waals surface area contributed by atoms with Crippen LogP contribution in [-0.4, -0.2) is 26.8 Å². The number of aryl methyl sites for hydroxylation is 2. The summed E-state index contributed by atoms with van der Waals surface area (Å²) in [5, 5.41) is 20.8. The molecule has 0 bridgehead atoms. The number of ether oxygens (including phenoxy) is 1. The molecule has 2 aromatic carbocycles. The predicted octanol–water partition coefficient (Wildman–Crippen LogP) is 7.35. The van der Waals surface area contributed by atoms with Crippen molar-refractivity contribution in [3.8, 4) is 16.3 Å². The van der Waals surface area contributed by atoms with Crippen LogP contribution in [0.1, 0.15) is 48.1 Å². The van der Waals surface area contributed by atoms with Crippen molar-refractivity contribution in [2.75, 3.05) is 0 Å². The number of thiazole rings is 1. The zero-order valence-corrected chi connectivity index (χ0v) is 21.2. The fraction of sp³-hybridized carbons (Fsp3) is 0.333. The maximum absolute atomic E-state index is 12.8. The molecular weight excluding hydrogens is 526 g/mol. The standard InChI is InChI=1S/C24H22Cl2F3NO4S/c1-12-20(35-21(30-12)14-4-8-15(9-5-14)24(27,28)29)16(31)10-6-13-7-11-17(19(26)18(13)25)34-23(2,3)22(32)33/h4-5,7-9,11,16,31H,6,10H2,1-3H3,(H,32,33). The first kappa shape index (κ1) is 27.3. The minimum atomic E-state index is -4.42. The van der Waals surface area contributed by atoms with E-state index in [1.807, 2.05) is 0 Å². The number of benzene rings is 2. The lowest BCUT2D eigenvalue weighted by Crippen LogP contribution is -2.38. The smallest absolute Gasteiger partial charge is 0.416 e. The molecule has 2 N–H and O–H groups in total. The van der Waals surface area contributed by atoms with Crippen LogP contribution in [0.2, 0.25) is 10.0 Å². The average Bonchev–Trinajstić information content (AvgIpc) is 3.17. The number of alkyl halides is 3. The SMILES string of the molecule is Cc1nc(-c2ccc(C(F)(F)F)cc2)sc1C(O)CCc1ccc(OC(C)(C)C(=O)O)c(Cl)c1Cl. The Kier molecular flexibility index (Phi) is 8.06. The van der Waals surface area contributed by atoms with Gasteiger partial charge in [0.1, 0.15) is 15.8 Å². The van der Waals surface area contributed by atoms with Crippen molar-refractivity contribution >= 4 is 40.5 Å². The van der Waals surface area contributed by atoms with Crippen LogP contribution in [0.4, 0.5) is 13.2 Å². The minimum Gasteiger partial charge on any atom is -0.478 e. The molecule has 0 radical (unpaired) electrons. The molecule has 0 aliphatic heterocycles. The number of rotatable bonds is 8. The number of aliphatic hydroxyl groups excluding tert-OH is 1. The molecule has 1 unspecified atom stereocenters. The summed E-state index contributed by atoms with van der Waals surface area (Å²) in [7, 11) is 0. The summed E-state index contributed by atoms with van der Waals surface area (Å²) in [6, 6.07) is 7.89. The number of hydrogen-bond donors (Lipinski definition) is 2. The lowest BCUT2D eigenvalue weighted by Gasteiger charge is -2.23. The van der Waals surface area contributed by atoms with E-state index in [-0.39, 0.29) is 22.2 Å². The number of hydrogen-bond acceptors (Lipinski definition) is 5. The lowest BCUT2D eigenvalue weighted by atomic mass is 10.0. The van der Waals surface area contributed by atoms with E-state index >= 15 is 0 Å². The number of aliphatic carboxylic acids is 1. The summed E-state index contributed by atoms with van der Waals surface area (Å²) in [5.41, 5.74) is -0.492. The Morgan fingerprint density at radius 1 is 1.11 bits per heavy atom. The highest BCUT2D eigenvalue weighted by Crippen LogP contribution is 2.39. The molecule has 0 amide bonds. The summed E-state index contributed by atoms with van der Waals surface area (Å²) in [4.78, 5) is 16.3. The van der Waals surface area contributed by atoms with Crippen molar-refractivity contribution in [3.63, 3.8) is 0 Å². The van der Waals surface area contributed by atoms with E-state index in [0.29, 0.717) is 33.1 Å². The van der Waals surface area contributed by atoms with E-state index in [0.717, 1.165) is 12.1 Å². The van der Waals surface area contributed by atoms with E-state index in [1.165, 1.54) is 43.4 Å². The fourth-order valence-corrected chi connectivity index (χ4v) is 4.79. The maximum atomic E-state index is 12.8. The minimum absolute atomic E-state index is 0.0755. The highest BCUT2D eigenvalue weighted by atomic mass is 35.5. The zero-order chi connectivity index (χ0) is 26.1. The van der Waals surface area contributed by atoms with Gasteiger partial charge in [0.25, 0.3) is 0 Å². The average molecular weight is 548 g/mol. The largest absolute Gasteiger partial charge is 0.478 e. The summed E-state index contributed by atoms with van der Waals surface area (Å²) in [6.45, 7) is 4.50. The van der Waals surface area contributed by atoms with Gasteiger partial charge in [-0.05, 0) is 57.4 Å². The van der Waals surface area contributed by atoms with Gasteiger partial charge >= 0.3 is 12.1 Å². The molecule has 0 spiro atoms. The van der Waals surface area contributed by atoms with Crippen LogP contribution in [-0.2, 0) is 17.4 Å². The van der Waals surface area contributed by atoms with E-state index in [4.69, 9.17) is 27.9 Å². The summed E-state index contributed by atoms with van der Waals surface area (Å²) in [5.74, 6) is -1.03. The number of carbonyl (C=O) groups is 1. The molecular formula is C24H22Cl2F3NO4S. The van der Waals surface area contributed by atoms with Gasteiger partial charge in [-0.25, -0.2) is 9.78 Å². The Balaban J connectivity index is 1.72. The Morgan fingerprint density at radius 3 is 2.31 bits per heavy atom. The third-order valence-corrected chi connectivity index (χ3v) is 7.50. The van der Waals surface area contributed by atoms with Gasteiger partial charge in [0, 0.05) is 5.56 Å². The van der Waals surface area contributed by atoms with E-state index in [2.05, 4.69) is 4.98 Å². The Bertz CT molecular complexity index is 1230. The number of carboxylic acid groups (broad SMARTS) is 1. The Hall–Kier alpha value is -2.33. The molecule has 1 aromatic heterocycles. The van der Waals surface area contributed by atoms with Crippen molar-refractivity contribution in [3.05, 3.63) is 68.1 Å². The molecule has 1 heterocycles. The predicted molar refractivity (Wildman–Crippen MR) is 129 cm³/mol. The van der Waals surface area contributed by atoms with Gasteiger partial charge in [0.15, 0.2) is 5.60 Å². The second-order valence-electron chi connectivity index (χ2n) is 8.37. The van der Waals surface area contributed by atoms with E-state index in [9.17, 15) is 28.2 Å². The van der Waals surface area contributed by atoms with Crippen LogP contribution in [0.5, 0.6) is 5.75 Å². The van der Waals surface area contributed by atoms with Crippen LogP contribution < -0.4 is 4.74 Å². The lowest BCUT2D eigenvalue weighted by molar-refractivity contribution is -0.152. The van der Waals surface area contributed by atoms with Crippen LogP contribution in [0, 0.1) is 6.92 Å². The molecule has 11 heteroatoms. The third kappa shape index (κ3) is 6.27. The van der Waals surface area contributed by atoms with Crippen molar-refractivity contribution in [2.45, 2.75) is 51.5 Å². The van der Waals surface area contributed by atoms with E-state index in [1.54, 1.807) is 13.0 Å². The number of halogens is 5. The molecule has 0 aliphatic carbocycles. The highest BCUT2D eigenvalue weighted by molar-refractivity contribution is 7.15. The van der Waals surface area contributed by atoms with Gasteiger partial charge in [-0.1, -0.05) is 41.4 Å². The normalized spacial score (nSPS) is 13.1. The highest BCUT2D eigenvalue weighted by Gasteiger charge is 2.31. The van der Waals surface area contributed by atoms with Gasteiger partial charge in [-0.3, -0.25) is 0 Å². The number of aliphatic hydroxyl groups is 1. The van der Waals surface area contributed by atoms with Crippen LogP contribution in [0.15, 0.2) is 36.4 Å². The second kappa shape index (κ2) is 10.3. The third-order valence-electron chi connectivity index (χ3n) is 5.29. The first-order valence-corrected chi connectivity index (χ1v) is 12.0. The summed E-state index contributed by atoms with van der Waals surface area (Å²) >= 11 is 13.9. The molecule has 5 nitrogen and oxygen atoms in total. The number of nitrogens with zero attached hydrogens (tertiary/aromatic N) is 1. The van der Waals surface area contributed by atoms with Crippen LogP contribution in [0.3, 0.4) is 0 Å². The molecule has 0 fully saturated rings. The van der Waals surface area contributed by atoms with Crippen molar-refractivity contribution in [1.82, 2.24) is 4.98 Å². The first-order valence-electron chi connectivity index (χ1n) is 10.4. The van der Waals surface area contributed by atoms with Crippen LogP contribution in [0.25, 0.3) is 10.6 Å². The van der Waals surface area contributed by atoms with Gasteiger partial charge in [-0.2, -0.15) is 13.2 Å². The molecule has 188 valence electrons. The first-order chi connectivity index (χ1) is 16.2. The van der Waals surface area contributed by atoms with Crippen LogP contribution >= 0.6 is 34.5 Å². The molecule has 3 rings (SSSR count). The summed E-state index contributed by atoms with van der Waals surface area (Å²) in [6.07, 6.45) is -4.66. The monoisotopic (exact) mass is 547 g/mol. The summed E-state index contributed by atoms with van der Waals surface area (Å²) < 4.78 is 43.9. The molecule has 35 heavy (non-hydrogen) atoms.